The molecular formula is C8H7ClF5N. The minimum Gasteiger partial charge on any atom is -0.319 e. The van der Waals surface area contributed by atoms with E-state index in [9.17, 15) is 22.0 Å². The van der Waals surface area contributed by atoms with Crippen LogP contribution in [0.15, 0.2) is 12.1 Å². The SMILES string of the molecule is Cl.N[C@H](c1cc(F)c(F)cc1F)C(F)F. The van der Waals surface area contributed by atoms with Gasteiger partial charge in [-0.1, -0.05) is 0 Å². The van der Waals surface area contributed by atoms with E-state index < -0.39 is 35.5 Å². The number of alkyl halides is 2. The van der Waals surface area contributed by atoms with Gasteiger partial charge >= 0.3 is 0 Å². The van der Waals surface area contributed by atoms with E-state index in [1.54, 1.807) is 0 Å². The number of nitrogens with two attached hydrogens (primary N) is 1. The summed E-state index contributed by atoms with van der Waals surface area (Å²) in [5.74, 6) is -4.12. The van der Waals surface area contributed by atoms with E-state index in [1.165, 1.54) is 0 Å². The molecule has 15 heavy (non-hydrogen) atoms. The van der Waals surface area contributed by atoms with Crippen molar-refractivity contribution in [1.82, 2.24) is 0 Å². The summed E-state index contributed by atoms with van der Waals surface area (Å²) >= 11 is 0. The first kappa shape index (κ1) is 14.1. The maximum Gasteiger partial charge on any atom is 0.257 e. The molecule has 2 N–H and O–H groups in total. The van der Waals surface area contributed by atoms with Crippen LogP contribution in [0.4, 0.5) is 22.0 Å². The van der Waals surface area contributed by atoms with Crippen molar-refractivity contribution < 1.29 is 22.0 Å². The fraction of sp³-hybridized carbons (Fsp3) is 0.250. The van der Waals surface area contributed by atoms with Crippen molar-refractivity contribution in [3.63, 3.8) is 0 Å². The topological polar surface area (TPSA) is 26.0 Å². The zero-order valence-corrected chi connectivity index (χ0v) is 8.00. The molecule has 0 saturated heterocycles. The van der Waals surface area contributed by atoms with Gasteiger partial charge in [0.25, 0.3) is 6.43 Å². The van der Waals surface area contributed by atoms with E-state index in [1.807, 2.05) is 0 Å². The molecule has 7 heteroatoms. The van der Waals surface area contributed by atoms with Gasteiger partial charge in [0.2, 0.25) is 0 Å². The Morgan fingerprint density at radius 1 is 0.933 bits per heavy atom. The van der Waals surface area contributed by atoms with Crippen molar-refractivity contribution in [2.24, 2.45) is 5.73 Å². The molecule has 0 amide bonds. The summed E-state index contributed by atoms with van der Waals surface area (Å²) in [7, 11) is 0. The summed E-state index contributed by atoms with van der Waals surface area (Å²) in [5, 5.41) is 0. The fourth-order valence-corrected chi connectivity index (χ4v) is 0.929. The molecule has 0 heterocycles. The van der Waals surface area contributed by atoms with Crippen LogP contribution >= 0.6 is 12.4 Å². The van der Waals surface area contributed by atoms with E-state index in [0.29, 0.717) is 6.07 Å². The molecule has 0 aromatic heterocycles. The van der Waals surface area contributed by atoms with Crippen LogP contribution in [-0.2, 0) is 0 Å². The highest BCUT2D eigenvalue weighted by Gasteiger charge is 2.22. The molecule has 0 aliphatic rings. The third-order valence-corrected chi connectivity index (χ3v) is 1.67. The molecular weight excluding hydrogens is 241 g/mol. The molecule has 1 rings (SSSR count). The molecule has 1 aromatic rings. The molecule has 1 aromatic carbocycles. The van der Waals surface area contributed by atoms with Crippen LogP contribution in [0.5, 0.6) is 0 Å². The van der Waals surface area contributed by atoms with Gasteiger partial charge in [0, 0.05) is 11.6 Å². The van der Waals surface area contributed by atoms with Crippen LogP contribution in [0, 0.1) is 17.5 Å². The normalized spacial score (nSPS) is 12.5. The molecule has 1 atom stereocenters. The molecule has 0 radical (unpaired) electrons. The average Bonchev–Trinajstić information content (AvgIpc) is 2.10. The van der Waals surface area contributed by atoms with Gasteiger partial charge in [0.1, 0.15) is 5.82 Å². The summed E-state index contributed by atoms with van der Waals surface area (Å²) in [6.07, 6.45) is -3.03. The quantitative estimate of drug-likeness (QED) is 0.631. The first-order valence-electron chi connectivity index (χ1n) is 3.61. The fourth-order valence-electron chi connectivity index (χ4n) is 0.929. The van der Waals surface area contributed by atoms with Crippen LogP contribution in [0.1, 0.15) is 11.6 Å². The summed E-state index contributed by atoms with van der Waals surface area (Å²) in [5.41, 5.74) is 4.14. The van der Waals surface area contributed by atoms with Crippen LogP contribution < -0.4 is 5.73 Å². The Kier molecular flexibility index (Phi) is 4.96. The third-order valence-electron chi connectivity index (χ3n) is 1.67. The second kappa shape index (κ2) is 5.27. The third kappa shape index (κ3) is 3.04. The number of rotatable bonds is 2. The molecule has 0 aliphatic heterocycles. The van der Waals surface area contributed by atoms with Crippen molar-refractivity contribution in [1.29, 1.82) is 0 Å². The van der Waals surface area contributed by atoms with E-state index in [0.717, 1.165) is 0 Å². The number of hydrogen-bond acceptors (Lipinski definition) is 1. The van der Waals surface area contributed by atoms with Gasteiger partial charge in [-0.3, -0.25) is 0 Å². The second-order valence-electron chi connectivity index (χ2n) is 2.65. The maximum absolute atomic E-state index is 12.8. The Balaban J connectivity index is 0.00000196. The van der Waals surface area contributed by atoms with Crippen molar-refractivity contribution >= 4 is 12.4 Å². The summed E-state index contributed by atoms with van der Waals surface area (Å²) in [4.78, 5) is 0. The first-order chi connectivity index (χ1) is 6.43. The number of hydrogen-bond donors (Lipinski definition) is 1. The molecule has 0 fully saturated rings. The minimum absolute atomic E-state index is 0. The van der Waals surface area contributed by atoms with Crippen LogP contribution in [0.2, 0.25) is 0 Å². The van der Waals surface area contributed by atoms with E-state index in [4.69, 9.17) is 5.73 Å². The maximum atomic E-state index is 12.8. The van der Waals surface area contributed by atoms with Crippen LogP contribution in [0.3, 0.4) is 0 Å². The van der Waals surface area contributed by atoms with Crippen molar-refractivity contribution in [2.45, 2.75) is 12.5 Å². The Labute approximate surface area is 88.5 Å². The average molecular weight is 248 g/mol. The Hall–Kier alpha value is -0.880. The Morgan fingerprint density at radius 2 is 1.40 bits per heavy atom. The van der Waals surface area contributed by atoms with Gasteiger partial charge in [0.05, 0.1) is 6.04 Å². The van der Waals surface area contributed by atoms with Gasteiger partial charge < -0.3 is 5.73 Å². The zero-order valence-electron chi connectivity index (χ0n) is 7.18. The van der Waals surface area contributed by atoms with Gasteiger partial charge in [-0.15, -0.1) is 12.4 Å². The smallest absolute Gasteiger partial charge is 0.257 e. The van der Waals surface area contributed by atoms with Crippen molar-refractivity contribution in [2.75, 3.05) is 0 Å². The Morgan fingerprint density at radius 3 is 1.87 bits per heavy atom. The molecule has 0 aliphatic carbocycles. The first-order valence-corrected chi connectivity index (χ1v) is 3.61. The highest BCUT2D eigenvalue weighted by Crippen LogP contribution is 2.23. The molecule has 86 valence electrons. The van der Waals surface area contributed by atoms with Crippen LogP contribution in [-0.4, -0.2) is 6.43 Å². The summed E-state index contributed by atoms with van der Waals surface area (Å²) < 4.78 is 61.8. The minimum atomic E-state index is -3.03. The molecule has 0 spiro atoms. The van der Waals surface area contributed by atoms with E-state index >= 15 is 0 Å². The van der Waals surface area contributed by atoms with Crippen LogP contribution in [0.25, 0.3) is 0 Å². The number of benzene rings is 1. The van der Waals surface area contributed by atoms with Crippen molar-refractivity contribution in [3.8, 4) is 0 Å². The largest absolute Gasteiger partial charge is 0.319 e. The number of halogens is 6. The molecule has 1 nitrogen and oxygen atoms in total. The van der Waals surface area contributed by atoms with Gasteiger partial charge in [-0.2, -0.15) is 0 Å². The van der Waals surface area contributed by atoms with Gasteiger partial charge in [0.15, 0.2) is 11.6 Å². The molecule has 0 bridgehead atoms. The van der Waals surface area contributed by atoms with E-state index in [2.05, 4.69) is 0 Å². The van der Waals surface area contributed by atoms with E-state index in [-0.39, 0.29) is 18.5 Å². The molecule has 0 unspecified atom stereocenters. The van der Waals surface area contributed by atoms with Gasteiger partial charge in [-0.25, -0.2) is 22.0 Å². The Bertz CT molecular complexity index is 344. The standard InChI is InChI=1S/C8H6F5N.ClH/c9-4-2-6(11)5(10)1-3(4)7(14)8(12)13;/h1-2,7-8H,14H2;1H/t7-;/m1./s1. The van der Waals surface area contributed by atoms with Crippen molar-refractivity contribution in [3.05, 3.63) is 35.1 Å². The second-order valence-corrected chi connectivity index (χ2v) is 2.65. The summed E-state index contributed by atoms with van der Waals surface area (Å²) in [6.45, 7) is 0. The highest BCUT2D eigenvalue weighted by atomic mass is 35.5. The summed E-state index contributed by atoms with van der Waals surface area (Å²) in [6, 6.07) is -1.43. The monoisotopic (exact) mass is 247 g/mol. The zero-order chi connectivity index (χ0) is 10.9. The lowest BCUT2D eigenvalue weighted by atomic mass is 10.1. The lowest BCUT2D eigenvalue weighted by molar-refractivity contribution is 0.114. The molecule has 0 saturated carbocycles. The van der Waals surface area contributed by atoms with Gasteiger partial charge in [-0.05, 0) is 6.07 Å². The predicted octanol–water partition coefficient (Wildman–Crippen LogP) is 2.79. The lowest BCUT2D eigenvalue weighted by Gasteiger charge is -2.11. The lowest BCUT2D eigenvalue weighted by Crippen LogP contribution is -2.20. The highest BCUT2D eigenvalue weighted by molar-refractivity contribution is 5.85. The predicted molar refractivity (Wildman–Crippen MR) is 46.5 cm³/mol.